The molecular formula is C5H14N2Se. The molecule has 0 aliphatic heterocycles. The maximum atomic E-state index is 5.51. The van der Waals surface area contributed by atoms with E-state index in [0.717, 1.165) is 6.54 Å². The molecule has 0 aromatic carbocycles. The normalized spacial score (nSPS) is 13.9. The molecule has 1 unspecified atom stereocenters. The molecule has 0 fully saturated rings. The Balaban J connectivity index is 2.72. The third-order valence-electron chi connectivity index (χ3n) is 0.643. The molecule has 0 bridgehead atoms. The fourth-order valence-electron chi connectivity index (χ4n) is 0.353. The minimum absolute atomic E-state index is 0.376. The van der Waals surface area contributed by atoms with Crippen molar-refractivity contribution in [2.75, 3.05) is 6.54 Å². The average Bonchev–Trinajstić information content (AvgIpc) is 1.66. The molecule has 0 aromatic heterocycles. The van der Waals surface area contributed by atoms with Crippen molar-refractivity contribution in [1.82, 2.24) is 0 Å². The van der Waals surface area contributed by atoms with Gasteiger partial charge >= 0.3 is 56.6 Å². The van der Waals surface area contributed by atoms with Crippen molar-refractivity contribution in [2.24, 2.45) is 11.5 Å². The Hall–Kier alpha value is 0.439. The Labute approximate surface area is 57.2 Å². The second-order valence-electron chi connectivity index (χ2n) is 1.84. The Bertz CT molecular complexity index is 47.7. The van der Waals surface area contributed by atoms with Gasteiger partial charge in [0.05, 0.1) is 0 Å². The predicted octanol–water partition coefficient (Wildman–Crippen LogP) is -0.167. The van der Waals surface area contributed by atoms with Crippen LogP contribution in [0.2, 0.25) is 10.6 Å². The summed E-state index contributed by atoms with van der Waals surface area (Å²) in [6.07, 6.45) is 0. The van der Waals surface area contributed by atoms with Crippen LogP contribution < -0.4 is 11.5 Å². The van der Waals surface area contributed by atoms with E-state index >= 15 is 0 Å². The molecule has 0 spiro atoms. The van der Waals surface area contributed by atoms with E-state index in [1.165, 1.54) is 10.6 Å². The monoisotopic (exact) mass is 182 g/mol. The van der Waals surface area contributed by atoms with Crippen LogP contribution in [0.4, 0.5) is 0 Å². The van der Waals surface area contributed by atoms with E-state index < -0.39 is 0 Å². The van der Waals surface area contributed by atoms with Crippen molar-refractivity contribution < 1.29 is 0 Å². The molecular weight excluding hydrogens is 167 g/mol. The zero-order valence-corrected chi connectivity index (χ0v) is 6.97. The predicted molar refractivity (Wildman–Crippen MR) is 38.1 cm³/mol. The van der Waals surface area contributed by atoms with Gasteiger partial charge in [-0.2, -0.15) is 0 Å². The molecule has 0 aromatic rings. The number of hydrogen-bond donors (Lipinski definition) is 2. The summed E-state index contributed by atoms with van der Waals surface area (Å²) < 4.78 is 0. The zero-order valence-electron chi connectivity index (χ0n) is 5.26. The molecule has 0 radical (unpaired) electrons. The van der Waals surface area contributed by atoms with E-state index in [0.29, 0.717) is 21.0 Å². The van der Waals surface area contributed by atoms with Gasteiger partial charge in [-0.15, -0.1) is 0 Å². The SMILES string of the molecule is CC(N)C[Se]CCN. The minimum atomic E-state index is 0.376. The van der Waals surface area contributed by atoms with Gasteiger partial charge in [-0.25, -0.2) is 0 Å². The van der Waals surface area contributed by atoms with Crippen LogP contribution in [-0.4, -0.2) is 27.5 Å². The summed E-state index contributed by atoms with van der Waals surface area (Å²) in [6, 6.07) is 0.376. The van der Waals surface area contributed by atoms with Crippen LogP contribution >= 0.6 is 0 Å². The fraction of sp³-hybridized carbons (Fsp3) is 1.00. The van der Waals surface area contributed by atoms with Crippen LogP contribution in [0.1, 0.15) is 6.92 Å². The van der Waals surface area contributed by atoms with Crippen LogP contribution in [0, 0.1) is 0 Å². The molecule has 1 atom stereocenters. The van der Waals surface area contributed by atoms with Gasteiger partial charge in [0.25, 0.3) is 0 Å². The van der Waals surface area contributed by atoms with E-state index in [1.54, 1.807) is 0 Å². The van der Waals surface area contributed by atoms with E-state index in [9.17, 15) is 0 Å². The number of hydrogen-bond acceptors (Lipinski definition) is 2. The second kappa shape index (κ2) is 5.57. The first kappa shape index (κ1) is 8.44. The first-order valence-corrected chi connectivity index (χ1v) is 5.23. The van der Waals surface area contributed by atoms with Crippen LogP contribution in [0.25, 0.3) is 0 Å². The van der Waals surface area contributed by atoms with E-state index in [-0.39, 0.29) is 0 Å². The first-order chi connectivity index (χ1) is 3.77. The molecule has 2 nitrogen and oxygen atoms in total. The number of rotatable bonds is 4. The molecule has 0 amide bonds. The molecule has 50 valence electrons. The molecule has 0 aliphatic carbocycles. The van der Waals surface area contributed by atoms with Crippen LogP contribution in [0.3, 0.4) is 0 Å². The molecule has 0 saturated heterocycles. The van der Waals surface area contributed by atoms with Crippen molar-refractivity contribution in [3.63, 3.8) is 0 Å². The molecule has 8 heavy (non-hydrogen) atoms. The van der Waals surface area contributed by atoms with Crippen LogP contribution in [-0.2, 0) is 0 Å². The van der Waals surface area contributed by atoms with E-state index in [4.69, 9.17) is 11.5 Å². The third-order valence-corrected chi connectivity index (χ3v) is 3.34. The quantitative estimate of drug-likeness (QED) is 0.467. The summed E-state index contributed by atoms with van der Waals surface area (Å²) in [7, 11) is 0. The summed E-state index contributed by atoms with van der Waals surface area (Å²) in [5.74, 6) is 0. The summed E-state index contributed by atoms with van der Waals surface area (Å²) in [6.45, 7) is 2.87. The van der Waals surface area contributed by atoms with Gasteiger partial charge in [0.1, 0.15) is 0 Å². The maximum absolute atomic E-state index is 5.51. The standard InChI is InChI=1S/C5H14N2Se/c1-5(7)4-8-3-2-6/h5H,2-4,6-7H2,1H3. The summed E-state index contributed by atoms with van der Waals surface area (Å²) in [5.41, 5.74) is 10.8. The van der Waals surface area contributed by atoms with E-state index in [2.05, 4.69) is 0 Å². The van der Waals surface area contributed by atoms with Gasteiger partial charge in [0.2, 0.25) is 0 Å². The van der Waals surface area contributed by atoms with E-state index in [1.807, 2.05) is 6.92 Å². The average molecular weight is 181 g/mol. The van der Waals surface area contributed by atoms with Crippen molar-refractivity contribution >= 4 is 15.0 Å². The van der Waals surface area contributed by atoms with Crippen LogP contribution in [0.5, 0.6) is 0 Å². The Morgan fingerprint density at radius 2 is 2.25 bits per heavy atom. The zero-order chi connectivity index (χ0) is 6.41. The summed E-state index contributed by atoms with van der Waals surface area (Å²) in [4.78, 5) is 0. The molecule has 0 aliphatic rings. The molecule has 0 saturated carbocycles. The van der Waals surface area contributed by atoms with Crippen LogP contribution in [0.15, 0.2) is 0 Å². The summed E-state index contributed by atoms with van der Waals surface area (Å²) in [5, 5.41) is 2.35. The van der Waals surface area contributed by atoms with Crippen molar-refractivity contribution in [3.8, 4) is 0 Å². The fourth-order valence-corrected chi connectivity index (χ4v) is 1.83. The van der Waals surface area contributed by atoms with Gasteiger partial charge in [-0.1, -0.05) is 0 Å². The molecule has 4 N–H and O–H groups in total. The van der Waals surface area contributed by atoms with Gasteiger partial charge in [0, 0.05) is 0 Å². The van der Waals surface area contributed by atoms with Gasteiger partial charge in [-0.3, -0.25) is 0 Å². The molecule has 3 heteroatoms. The van der Waals surface area contributed by atoms with Gasteiger partial charge in [-0.05, 0) is 0 Å². The third kappa shape index (κ3) is 6.44. The molecule has 0 heterocycles. The summed E-state index contributed by atoms with van der Waals surface area (Å²) >= 11 is 0.697. The number of nitrogens with two attached hydrogens (primary N) is 2. The Morgan fingerprint density at radius 3 is 2.62 bits per heavy atom. The van der Waals surface area contributed by atoms with Crippen molar-refractivity contribution in [3.05, 3.63) is 0 Å². The van der Waals surface area contributed by atoms with Crippen molar-refractivity contribution in [1.29, 1.82) is 0 Å². The van der Waals surface area contributed by atoms with Gasteiger partial charge in [0.15, 0.2) is 0 Å². The Morgan fingerprint density at radius 1 is 1.62 bits per heavy atom. The second-order valence-corrected chi connectivity index (χ2v) is 4.25. The Kier molecular flexibility index (Phi) is 5.88. The molecule has 0 rings (SSSR count). The topological polar surface area (TPSA) is 52.0 Å². The van der Waals surface area contributed by atoms with Gasteiger partial charge < -0.3 is 0 Å². The van der Waals surface area contributed by atoms with Crippen molar-refractivity contribution in [2.45, 2.75) is 23.6 Å². The first-order valence-electron chi connectivity index (χ1n) is 2.80.